The number of imidazole rings is 1. The predicted octanol–water partition coefficient (Wildman–Crippen LogP) is 3.86. The number of H-pyrrole nitrogens is 1. The molecule has 0 amide bonds. The number of aromatic nitrogens is 2. The van der Waals surface area contributed by atoms with Crippen molar-refractivity contribution in [2.24, 2.45) is 11.8 Å². The largest absolute Gasteiger partial charge is 0.342 e. The molecular weight excluding hydrogens is 220 g/mol. The SMILES string of the molecule is Cc1cc2nc(C3CC4C=CC3C4)[nH]c2cc1C. The molecule has 1 N–H and O–H groups in total. The summed E-state index contributed by atoms with van der Waals surface area (Å²) in [7, 11) is 0. The van der Waals surface area contributed by atoms with Crippen molar-refractivity contribution in [2.45, 2.75) is 32.6 Å². The highest BCUT2D eigenvalue weighted by Crippen LogP contribution is 2.48. The summed E-state index contributed by atoms with van der Waals surface area (Å²) in [4.78, 5) is 8.37. The number of hydrogen-bond acceptors (Lipinski definition) is 1. The molecule has 2 heteroatoms. The van der Waals surface area contributed by atoms with Crippen molar-refractivity contribution < 1.29 is 0 Å². The van der Waals surface area contributed by atoms with Crippen LogP contribution in [-0.4, -0.2) is 9.97 Å². The lowest BCUT2D eigenvalue weighted by Crippen LogP contribution is -2.06. The molecule has 18 heavy (non-hydrogen) atoms. The van der Waals surface area contributed by atoms with Crippen molar-refractivity contribution in [1.82, 2.24) is 9.97 Å². The van der Waals surface area contributed by atoms with Gasteiger partial charge in [-0.2, -0.15) is 0 Å². The minimum atomic E-state index is 0.619. The van der Waals surface area contributed by atoms with Crippen molar-refractivity contribution in [1.29, 1.82) is 0 Å². The third-order valence-corrected chi connectivity index (χ3v) is 4.75. The van der Waals surface area contributed by atoms with E-state index in [1.807, 2.05) is 0 Å². The molecule has 1 saturated carbocycles. The van der Waals surface area contributed by atoms with E-state index in [1.54, 1.807) is 0 Å². The summed E-state index contributed by atoms with van der Waals surface area (Å²) < 4.78 is 0. The average Bonchev–Trinajstić information content (AvgIpc) is 3.02. The Labute approximate surface area is 107 Å². The van der Waals surface area contributed by atoms with Crippen molar-refractivity contribution in [2.75, 3.05) is 0 Å². The first-order valence-corrected chi connectivity index (χ1v) is 6.86. The Morgan fingerprint density at radius 2 is 1.94 bits per heavy atom. The number of fused-ring (bicyclic) bond motifs is 3. The smallest absolute Gasteiger partial charge is 0.110 e. The van der Waals surface area contributed by atoms with E-state index in [-0.39, 0.29) is 0 Å². The van der Waals surface area contributed by atoms with Gasteiger partial charge in [0.05, 0.1) is 11.0 Å². The quantitative estimate of drug-likeness (QED) is 0.751. The Hall–Kier alpha value is -1.57. The molecule has 0 aliphatic heterocycles. The molecular formula is C16H18N2. The van der Waals surface area contributed by atoms with Crippen molar-refractivity contribution in [3.05, 3.63) is 41.2 Å². The first-order chi connectivity index (χ1) is 8.70. The minimum Gasteiger partial charge on any atom is -0.342 e. The molecule has 0 radical (unpaired) electrons. The van der Waals surface area contributed by atoms with E-state index in [1.165, 1.54) is 35.3 Å². The molecule has 92 valence electrons. The van der Waals surface area contributed by atoms with Gasteiger partial charge in [-0.15, -0.1) is 0 Å². The lowest BCUT2D eigenvalue weighted by atomic mass is 9.93. The molecule has 0 saturated heterocycles. The van der Waals surface area contributed by atoms with E-state index in [0.717, 1.165) is 17.4 Å². The van der Waals surface area contributed by atoms with Crippen molar-refractivity contribution in [3.63, 3.8) is 0 Å². The summed E-state index contributed by atoms with van der Waals surface area (Å²) in [6.07, 6.45) is 7.39. The third-order valence-electron chi connectivity index (χ3n) is 4.75. The van der Waals surface area contributed by atoms with E-state index < -0.39 is 0 Å². The Kier molecular flexibility index (Phi) is 2.00. The van der Waals surface area contributed by atoms with Crippen LogP contribution in [0.5, 0.6) is 0 Å². The highest BCUT2D eigenvalue weighted by molar-refractivity contribution is 5.77. The van der Waals surface area contributed by atoms with Gasteiger partial charge >= 0.3 is 0 Å². The summed E-state index contributed by atoms with van der Waals surface area (Å²) in [6.45, 7) is 4.32. The lowest BCUT2D eigenvalue weighted by Gasteiger charge is -2.14. The van der Waals surface area contributed by atoms with Gasteiger partial charge in [-0.05, 0) is 61.8 Å². The number of benzene rings is 1. The topological polar surface area (TPSA) is 28.7 Å². The van der Waals surface area contributed by atoms with Crippen LogP contribution < -0.4 is 0 Å². The number of rotatable bonds is 1. The maximum Gasteiger partial charge on any atom is 0.110 e. The van der Waals surface area contributed by atoms with Crippen molar-refractivity contribution in [3.8, 4) is 0 Å². The maximum absolute atomic E-state index is 4.83. The summed E-state index contributed by atoms with van der Waals surface area (Å²) in [5, 5.41) is 0. The first kappa shape index (κ1) is 10.4. The first-order valence-electron chi connectivity index (χ1n) is 6.86. The number of hydrogen-bond donors (Lipinski definition) is 1. The Morgan fingerprint density at radius 1 is 1.11 bits per heavy atom. The predicted molar refractivity (Wildman–Crippen MR) is 73.7 cm³/mol. The summed E-state index contributed by atoms with van der Waals surface area (Å²) >= 11 is 0. The Balaban J connectivity index is 1.80. The Morgan fingerprint density at radius 3 is 2.67 bits per heavy atom. The van der Waals surface area contributed by atoms with E-state index in [9.17, 15) is 0 Å². The standard InChI is InChI=1S/C16H18N2/c1-9-5-14-15(6-10(9)2)18-16(17-14)13-8-11-3-4-12(13)7-11/h3-6,11-13H,7-8H2,1-2H3,(H,17,18). The summed E-state index contributed by atoms with van der Waals surface area (Å²) in [5.41, 5.74) is 4.98. The summed E-state index contributed by atoms with van der Waals surface area (Å²) in [6, 6.07) is 4.43. The average molecular weight is 238 g/mol. The highest BCUT2D eigenvalue weighted by atomic mass is 14.9. The fourth-order valence-corrected chi connectivity index (χ4v) is 3.56. The molecule has 3 atom stereocenters. The molecule has 1 aromatic carbocycles. The van der Waals surface area contributed by atoms with Crippen molar-refractivity contribution >= 4 is 11.0 Å². The molecule has 2 nitrogen and oxygen atoms in total. The van der Waals surface area contributed by atoms with Crippen LogP contribution in [-0.2, 0) is 0 Å². The fourth-order valence-electron chi connectivity index (χ4n) is 3.56. The van der Waals surface area contributed by atoms with Gasteiger partial charge in [0, 0.05) is 5.92 Å². The molecule has 1 aromatic heterocycles. The molecule has 1 heterocycles. The zero-order valence-corrected chi connectivity index (χ0v) is 10.9. The molecule has 2 bridgehead atoms. The minimum absolute atomic E-state index is 0.619. The normalized spacial score (nSPS) is 29.6. The van der Waals surface area contributed by atoms with Gasteiger partial charge in [-0.25, -0.2) is 4.98 Å². The molecule has 2 aliphatic rings. The molecule has 4 rings (SSSR count). The maximum atomic E-state index is 4.83. The lowest BCUT2D eigenvalue weighted by molar-refractivity contribution is 0.559. The van der Waals surface area contributed by atoms with Gasteiger partial charge in [-0.1, -0.05) is 12.2 Å². The fraction of sp³-hybridized carbons (Fsp3) is 0.438. The molecule has 2 aromatic rings. The van der Waals surface area contributed by atoms with Crippen LogP contribution in [0.25, 0.3) is 11.0 Å². The van der Waals surface area contributed by atoms with Crippen LogP contribution in [0.3, 0.4) is 0 Å². The third kappa shape index (κ3) is 1.38. The molecule has 2 aliphatic carbocycles. The highest BCUT2D eigenvalue weighted by Gasteiger charge is 2.38. The Bertz CT molecular complexity index is 611. The summed E-state index contributed by atoms with van der Waals surface area (Å²) in [5.74, 6) is 3.34. The van der Waals surface area contributed by atoms with Crippen LogP contribution in [0, 0.1) is 25.7 Å². The number of aromatic amines is 1. The van der Waals surface area contributed by atoms with Crippen LogP contribution in [0.15, 0.2) is 24.3 Å². The van der Waals surface area contributed by atoms with Gasteiger partial charge in [0.2, 0.25) is 0 Å². The van der Waals surface area contributed by atoms with Gasteiger partial charge in [0.15, 0.2) is 0 Å². The second-order valence-electron chi connectivity index (χ2n) is 5.96. The zero-order valence-electron chi connectivity index (χ0n) is 10.9. The monoisotopic (exact) mass is 238 g/mol. The van der Waals surface area contributed by atoms with Gasteiger partial charge < -0.3 is 4.98 Å². The van der Waals surface area contributed by atoms with Crippen LogP contribution in [0.2, 0.25) is 0 Å². The van der Waals surface area contributed by atoms with Crippen LogP contribution in [0.1, 0.15) is 35.7 Å². The van der Waals surface area contributed by atoms with E-state index >= 15 is 0 Å². The number of aryl methyl sites for hydroxylation is 2. The van der Waals surface area contributed by atoms with Crippen LogP contribution >= 0.6 is 0 Å². The van der Waals surface area contributed by atoms with Gasteiger partial charge in [0.1, 0.15) is 5.82 Å². The number of nitrogens with one attached hydrogen (secondary N) is 1. The van der Waals surface area contributed by atoms with E-state index in [4.69, 9.17) is 4.98 Å². The molecule has 3 unspecified atom stereocenters. The van der Waals surface area contributed by atoms with E-state index in [0.29, 0.717) is 5.92 Å². The van der Waals surface area contributed by atoms with E-state index in [2.05, 4.69) is 43.1 Å². The second kappa shape index (κ2) is 3.47. The van der Waals surface area contributed by atoms with Crippen LogP contribution in [0.4, 0.5) is 0 Å². The number of allylic oxidation sites excluding steroid dienone is 2. The van der Waals surface area contributed by atoms with Gasteiger partial charge in [0.25, 0.3) is 0 Å². The molecule has 0 spiro atoms. The molecule has 1 fully saturated rings. The zero-order chi connectivity index (χ0) is 12.3. The number of nitrogens with zero attached hydrogens (tertiary/aromatic N) is 1. The van der Waals surface area contributed by atoms with Gasteiger partial charge in [-0.3, -0.25) is 0 Å². The second-order valence-corrected chi connectivity index (χ2v) is 5.96.